The lowest BCUT2D eigenvalue weighted by molar-refractivity contribution is -0.117. The molecule has 25 heavy (non-hydrogen) atoms. The van der Waals surface area contributed by atoms with Crippen molar-refractivity contribution in [1.29, 1.82) is 0 Å². The highest BCUT2D eigenvalue weighted by atomic mass is 127. The number of hydrogen-bond donors (Lipinski definition) is 2. The molecular weight excluding hydrogens is 427 g/mol. The molecule has 0 radical (unpaired) electrons. The molecule has 0 spiro atoms. The van der Waals surface area contributed by atoms with Gasteiger partial charge in [-0.05, 0) is 37.3 Å². The molecule has 1 aliphatic heterocycles. The molecule has 1 heterocycles. The van der Waals surface area contributed by atoms with Gasteiger partial charge in [0.1, 0.15) is 6.54 Å². The first-order chi connectivity index (χ1) is 11.5. The van der Waals surface area contributed by atoms with Gasteiger partial charge in [0.05, 0.1) is 0 Å². The number of carbonyl (C=O) groups is 1. The van der Waals surface area contributed by atoms with E-state index in [2.05, 4.69) is 37.1 Å². The number of rotatable bonds is 7. The molecule has 0 fully saturated rings. The van der Waals surface area contributed by atoms with Gasteiger partial charge in [-0.25, -0.2) is 4.99 Å². The van der Waals surface area contributed by atoms with Crippen LogP contribution in [0.1, 0.15) is 45.6 Å². The molecular formula is C19H31IN4O. The number of amides is 1. The Balaban J connectivity index is 0.00000312. The molecule has 0 aromatic heterocycles. The van der Waals surface area contributed by atoms with E-state index in [1.807, 2.05) is 18.2 Å². The molecule has 1 unspecified atom stereocenters. The second-order valence-electron chi connectivity index (χ2n) is 7.00. The first kappa shape index (κ1) is 21.7. The molecule has 5 nitrogen and oxygen atoms in total. The first-order valence-corrected chi connectivity index (χ1v) is 8.92. The quantitative estimate of drug-likeness (QED) is 0.374. The Kier molecular flexibility index (Phi) is 9.24. The second kappa shape index (κ2) is 10.6. The van der Waals surface area contributed by atoms with E-state index >= 15 is 0 Å². The summed E-state index contributed by atoms with van der Waals surface area (Å²) >= 11 is 0. The maximum Gasteiger partial charge on any atom is 0.248 e. The molecule has 1 aliphatic rings. The summed E-state index contributed by atoms with van der Waals surface area (Å²) in [7, 11) is 0. The highest BCUT2D eigenvalue weighted by molar-refractivity contribution is 14.0. The Morgan fingerprint density at radius 2 is 2.00 bits per heavy atom. The molecule has 2 rings (SSSR count). The van der Waals surface area contributed by atoms with E-state index in [1.54, 1.807) is 4.90 Å². The summed E-state index contributed by atoms with van der Waals surface area (Å²) in [5, 5.41) is 3.18. The fourth-order valence-electron chi connectivity index (χ4n) is 3.04. The van der Waals surface area contributed by atoms with E-state index in [9.17, 15) is 4.79 Å². The van der Waals surface area contributed by atoms with Gasteiger partial charge in [0, 0.05) is 18.3 Å². The Morgan fingerprint density at radius 1 is 1.28 bits per heavy atom. The van der Waals surface area contributed by atoms with Crippen molar-refractivity contribution in [3.63, 3.8) is 0 Å². The minimum Gasteiger partial charge on any atom is -0.370 e. The third kappa shape index (κ3) is 6.84. The Labute approximate surface area is 168 Å². The Bertz CT molecular complexity index is 589. The Morgan fingerprint density at radius 3 is 2.72 bits per heavy atom. The van der Waals surface area contributed by atoms with E-state index in [-0.39, 0.29) is 42.5 Å². The van der Waals surface area contributed by atoms with Crippen LogP contribution in [0.15, 0.2) is 29.3 Å². The summed E-state index contributed by atoms with van der Waals surface area (Å²) in [4.78, 5) is 18.4. The second-order valence-corrected chi connectivity index (χ2v) is 7.00. The van der Waals surface area contributed by atoms with Gasteiger partial charge >= 0.3 is 0 Å². The van der Waals surface area contributed by atoms with E-state index in [1.165, 1.54) is 18.4 Å². The van der Waals surface area contributed by atoms with Crippen molar-refractivity contribution in [3.8, 4) is 0 Å². The summed E-state index contributed by atoms with van der Waals surface area (Å²) < 4.78 is 0. The highest BCUT2D eigenvalue weighted by Gasteiger charge is 2.23. The lowest BCUT2D eigenvalue weighted by atomic mass is 10.0. The number of fused-ring (bicyclic) bond motifs is 1. The maximum atomic E-state index is 12.4. The monoisotopic (exact) mass is 458 g/mol. The van der Waals surface area contributed by atoms with Crippen molar-refractivity contribution < 1.29 is 4.79 Å². The largest absolute Gasteiger partial charge is 0.370 e. The minimum atomic E-state index is -0.00263. The number of halogens is 1. The molecule has 1 atom stereocenters. The van der Waals surface area contributed by atoms with Crippen LogP contribution in [0.5, 0.6) is 0 Å². The fraction of sp³-hybridized carbons (Fsp3) is 0.579. The first-order valence-electron chi connectivity index (χ1n) is 8.92. The lowest BCUT2D eigenvalue weighted by Crippen LogP contribution is -2.39. The zero-order chi connectivity index (χ0) is 17.5. The topological polar surface area (TPSA) is 70.7 Å². The molecule has 0 aliphatic carbocycles. The van der Waals surface area contributed by atoms with Gasteiger partial charge in [-0.2, -0.15) is 0 Å². The number of benzene rings is 1. The number of nitrogens with one attached hydrogen (secondary N) is 1. The number of nitrogens with two attached hydrogens (primary N) is 1. The fourth-order valence-corrected chi connectivity index (χ4v) is 3.04. The van der Waals surface area contributed by atoms with Gasteiger partial charge in [0.25, 0.3) is 0 Å². The third-order valence-electron chi connectivity index (χ3n) is 4.39. The van der Waals surface area contributed by atoms with Crippen LogP contribution in [0.25, 0.3) is 0 Å². The SMILES string of the molecule is CC(C)CCCC(C)NC(N)=NCC(=O)N1CCc2ccccc21.I. The van der Waals surface area contributed by atoms with Gasteiger partial charge < -0.3 is 16.0 Å². The molecule has 0 saturated carbocycles. The van der Waals surface area contributed by atoms with E-state index < -0.39 is 0 Å². The number of aliphatic imine (C=N–C) groups is 1. The van der Waals surface area contributed by atoms with E-state index in [4.69, 9.17) is 5.73 Å². The van der Waals surface area contributed by atoms with Gasteiger partial charge in [-0.1, -0.05) is 44.9 Å². The lowest BCUT2D eigenvalue weighted by Gasteiger charge is -2.17. The summed E-state index contributed by atoms with van der Waals surface area (Å²) in [6, 6.07) is 8.30. The molecule has 0 saturated heterocycles. The van der Waals surface area contributed by atoms with Crippen LogP contribution in [0.3, 0.4) is 0 Å². The zero-order valence-corrected chi connectivity index (χ0v) is 17.8. The van der Waals surface area contributed by atoms with Gasteiger partial charge in [0.2, 0.25) is 5.91 Å². The predicted octanol–water partition coefficient (Wildman–Crippen LogP) is 3.31. The molecule has 3 N–H and O–H groups in total. The number of carbonyl (C=O) groups excluding carboxylic acids is 1. The molecule has 1 aromatic rings. The summed E-state index contributed by atoms with van der Waals surface area (Å²) in [6.07, 6.45) is 4.35. The smallest absolute Gasteiger partial charge is 0.248 e. The van der Waals surface area contributed by atoms with E-state index in [0.29, 0.717) is 5.96 Å². The van der Waals surface area contributed by atoms with Crippen LogP contribution in [-0.2, 0) is 11.2 Å². The molecule has 1 aromatic carbocycles. The van der Waals surface area contributed by atoms with Crippen LogP contribution < -0.4 is 16.0 Å². The number of nitrogens with zero attached hydrogens (tertiary/aromatic N) is 2. The standard InChI is InChI=1S/C19H30N4O.HI/c1-14(2)7-6-8-15(3)22-19(20)21-13-18(24)23-12-11-16-9-4-5-10-17(16)23;/h4-5,9-10,14-15H,6-8,11-13H2,1-3H3,(H3,20,21,22);1H. The summed E-state index contributed by atoms with van der Waals surface area (Å²) in [6.45, 7) is 7.38. The summed E-state index contributed by atoms with van der Waals surface area (Å²) in [5.41, 5.74) is 8.14. The van der Waals surface area contributed by atoms with Crippen molar-refractivity contribution in [3.05, 3.63) is 29.8 Å². The number of para-hydroxylation sites is 1. The van der Waals surface area contributed by atoms with Crippen LogP contribution in [0, 0.1) is 5.92 Å². The summed E-state index contributed by atoms with van der Waals surface area (Å²) in [5.74, 6) is 1.08. The highest BCUT2D eigenvalue weighted by Crippen LogP contribution is 2.27. The van der Waals surface area contributed by atoms with Crippen molar-refractivity contribution in [1.82, 2.24) is 5.32 Å². The van der Waals surface area contributed by atoms with Crippen molar-refractivity contribution in [2.24, 2.45) is 16.6 Å². The molecule has 6 heteroatoms. The number of guanidine groups is 1. The van der Waals surface area contributed by atoms with Crippen LogP contribution >= 0.6 is 24.0 Å². The number of anilines is 1. The third-order valence-corrected chi connectivity index (χ3v) is 4.39. The van der Waals surface area contributed by atoms with Crippen LogP contribution in [0.4, 0.5) is 5.69 Å². The van der Waals surface area contributed by atoms with Gasteiger partial charge in [0.15, 0.2) is 5.96 Å². The molecule has 0 bridgehead atoms. The van der Waals surface area contributed by atoms with Crippen LogP contribution in [0.2, 0.25) is 0 Å². The Hall–Kier alpha value is -1.31. The normalized spacial score (nSPS) is 14.9. The minimum absolute atomic E-state index is 0. The molecule has 1 amide bonds. The van der Waals surface area contributed by atoms with Crippen LogP contribution in [-0.4, -0.2) is 31.0 Å². The van der Waals surface area contributed by atoms with Gasteiger partial charge in [-0.15, -0.1) is 24.0 Å². The zero-order valence-electron chi connectivity index (χ0n) is 15.5. The maximum absolute atomic E-state index is 12.4. The average molecular weight is 458 g/mol. The van der Waals surface area contributed by atoms with Crippen molar-refractivity contribution in [2.75, 3.05) is 18.0 Å². The molecule has 140 valence electrons. The van der Waals surface area contributed by atoms with E-state index in [0.717, 1.165) is 31.0 Å². The van der Waals surface area contributed by atoms with Crippen molar-refractivity contribution in [2.45, 2.75) is 52.5 Å². The number of hydrogen-bond acceptors (Lipinski definition) is 2. The average Bonchev–Trinajstić information content (AvgIpc) is 2.96. The van der Waals surface area contributed by atoms with Crippen molar-refractivity contribution >= 4 is 41.5 Å². The van der Waals surface area contributed by atoms with Gasteiger partial charge in [-0.3, -0.25) is 4.79 Å². The predicted molar refractivity (Wildman–Crippen MR) is 116 cm³/mol.